The van der Waals surface area contributed by atoms with Gasteiger partial charge in [0.05, 0.1) is 19.9 Å². The maximum Gasteiger partial charge on any atom is 0.250 e. The average molecular weight is 345 g/mol. The second-order valence-corrected chi connectivity index (χ2v) is 6.23. The number of aromatic nitrogens is 2. The predicted octanol–water partition coefficient (Wildman–Crippen LogP) is 2.54. The molecule has 1 heterocycles. The van der Waals surface area contributed by atoms with Crippen LogP contribution >= 0.6 is 0 Å². The fourth-order valence-electron chi connectivity index (χ4n) is 3.05. The van der Waals surface area contributed by atoms with Gasteiger partial charge in [0.1, 0.15) is 0 Å². The lowest BCUT2D eigenvalue weighted by molar-refractivity contribution is 0.0824. The minimum Gasteiger partial charge on any atom is -0.493 e. The van der Waals surface area contributed by atoms with Gasteiger partial charge in [-0.05, 0) is 56.5 Å². The number of carbonyl (C=O) groups excluding carboxylic acids is 1. The molecule has 0 amide bonds. The Kier molecular flexibility index (Phi) is 6.20. The van der Waals surface area contributed by atoms with Crippen LogP contribution in [0.15, 0.2) is 18.2 Å². The van der Waals surface area contributed by atoms with E-state index < -0.39 is 0 Å². The van der Waals surface area contributed by atoms with E-state index in [1.54, 1.807) is 14.2 Å². The molecule has 136 valence electrons. The van der Waals surface area contributed by atoms with E-state index in [1.165, 1.54) is 4.68 Å². The molecule has 1 aromatic heterocycles. The van der Waals surface area contributed by atoms with Crippen LogP contribution in [0.5, 0.6) is 11.5 Å². The number of hydrogen-bond acceptors (Lipinski definition) is 5. The van der Waals surface area contributed by atoms with Gasteiger partial charge in [-0.25, -0.2) is 4.68 Å². The number of nitrogens with zero attached hydrogens (tertiary/aromatic N) is 2. The third-order valence-electron chi connectivity index (χ3n) is 4.46. The summed E-state index contributed by atoms with van der Waals surface area (Å²) < 4.78 is 12.1. The van der Waals surface area contributed by atoms with E-state index in [0.717, 1.165) is 28.9 Å². The van der Waals surface area contributed by atoms with Gasteiger partial charge in [-0.15, -0.1) is 0 Å². The first-order valence-corrected chi connectivity index (χ1v) is 8.43. The molecule has 6 heteroatoms. The smallest absolute Gasteiger partial charge is 0.250 e. The summed E-state index contributed by atoms with van der Waals surface area (Å²) in [5.74, 6) is 1.12. The van der Waals surface area contributed by atoms with Gasteiger partial charge in [0.15, 0.2) is 11.5 Å². The van der Waals surface area contributed by atoms with Crippen molar-refractivity contribution in [1.82, 2.24) is 9.78 Å². The zero-order valence-corrected chi connectivity index (χ0v) is 15.6. The minimum absolute atomic E-state index is 0.0151. The number of benzene rings is 1. The third kappa shape index (κ3) is 4.02. The van der Waals surface area contributed by atoms with Gasteiger partial charge in [0.2, 0.25) is 5.91 Å². The van der Waals surface area contributed by atoms with Crippen LogP contribution in [0.3, 0.4) is 0 Å². The molecule has 0 bridgehead atoms. The van der Waals surface area contributed by atoms with Crippen molar-refractivity contribution in [2.75, 3.05) is 20.8 Å². The molecule has 6 nitrogen and oxygen atoms in total. The van der Waals surface area contributed by atoms with Gasteiger partial charge in [0, 0.05) is 11.6 Å². The number of rotatable bonds is 7. The van der Waals surface area contributed by atoms with E-state index in [-0.39, 0.29) is 11.8 Å². The van der Waals surface area contributed by atoms with Gasteiger partial charge < -0.3 is 15.2 Å². The summed E-state index contributed by atoms with van der Waals surface area (Å²) in [6, 6.07) is 5.71. The molecule has 2 rings (SSSR count). The second-order valence-electron chi connectivity index (χ2n) is 6.23. The summed E-state index contributed by atoms with van der Waals surface area (Å²) in [6.07, 6.45) is 1.33. The zero-order valence-electron chi connectivity index (χ0n) is 15.6. The Morgan fingerprint density at radius 1 is 1.24 bits per heavy atom. The summed E-state index contributed by atoms with van der Waals surface area (Å²) in [5, 5.41) is 4.42. The predicted molar refractivity (Wildman–Crippen MR) is 97.5 cm³/mol. The van der Waals surface area contributed by atoms with E-state index in [2.05, 4.69) is 5.10 Å². The Bertz CT molecular complexity index is 753. The Morgan fingerprint density at radius 3 is 2.52 bits per heavy atom. The van der Waals surface area contributed by atoms with Crippen LogP contribution < -0.4 is 15.2 Å². The van der Waals surface area contributed by atoms with Crippen LogP contribution in [0.4, 0.5) is 0 Å². The van der Waals surface area contributed by atoms with Crippen LogP contribution in [0.2, 0.25) is 0 Å². The lowest BCUT2D eigenvalue weighted by Crippen LogP contribution is -2.23. The Morgan fingerprint density at radius 2 is 1.92 bits per heavy atom. The molecule has 0 aliphatic carbocycles. The summed E-state index contributed by atoms with van der Waals surface area (Å²) in [7, 11) is 3.20. The molecular weight excluding hydrogens is 318 g/mol. The molecule has 25 heavy (non-hydrogen) atoms. The maximum atomic E-state index is 12.8. The Labute approximate surface area is 148 Å². The number of nitrogens with two attached hydrogens (primary N) is 1. The Balaban J connectivity index is 2.20. The lowest BCUT2D eigenvalue weighted by atomic mass is 10.00. The van der Waals surface area contributed by atoms with Crippen molar-refractivity contribution in [3.8, 4) is 11.5 Å². The molecule has 2 aromatic rings. The molecule has 0 aliphatic heterocycles. The molecule has 0 fully saturated rings. The fourth-order valence-corrected chi connectivity index (χ4v) is 3.05. The van der Waals surface area contributed by atoms with Crippen LogP contribution in [0.1, 0.15) is 34.2 Å². The van der Waals surface area contributed by atoms with Crippen LogP contribution in [-0.4, -0.2) is 36.5 Å². The molecule has 0 radical (unpaired) electrons. The summed E-state index contributed by atoms with van der Waals surface area (Å²) in [4.78, 5) is 12.8. The van der Waals surface area contributed by atoms with E-state index in [9.17, 15) is 4.79 Å². The van der Waals surface area contributed by atoms with Gasteiger partial charge in [-0.3, -0.25) is 4.79 Å². The van der Waals surface area contributed by atoms with Crippen molar-refractivity contribution in [3.05, 3.63) is 40.7 Å². The van der Waals surface area contributed by atoms with Gasteiger partial charge in [-0.2, -0.15) is 5.10 Å². The van der Waals surface area contributed by atoms with E-state index >= 15 is 0 Å². The van der Waals surface area contributed by atoms with Crippen molar-refractivity contribution in [2.45, 2.75) is 33.6 Å². The summed E-state index contributed by atoms with van der Waals surface area (Å²) in [6.45, 7) is 6.30. The number of hydrogen-bond donors (Lipinski definition) is 1. The molecule has 2 N–H and O–H groups in total. The highest BCUT2D eigenvalue weighted by atomic mass is 16.5. The van der Waals surface area contributed by atoms with Crippen molar-refractivity contribution in [1.29, 1.82) is 0 Å². The molecule has 0 saturated heterocycles. The van der Waals surface area contributed by atoms with Gasteiger partial charge in [-0.1, -0.05) is 13.0 Å². The first kappa shape index (κ1) is 19.0. The van der Waals surface area contributed by atoms with E-state index in [1.807, 2.05) is 39.0 Å². The molecular formula is C19H27N3O3. The molecule has 1 atom stereocenters. The van der Waals surface area contributed by atoms with Crippen LogP contribution in [0, 0.1) is 19.8 Å². The van der Waals surface area contributed by atoms with Crippen molar-refractivity contribution in [3.63, 3.8) is 0 Å². The number of ether oxygens (including phenoxy) is 2. The summed E-state index contributed by atoms with van der Waals surface area (Å²) >= 11 is 0. The maximum absolute atomic E-state index is 12.8. The SMILES string of the molecule is COc1ccc(CC(C)C(=O)n2nc(C)c(CCN)c2C)cc1OC. The lowest BCUT2D eigenvalue weighted by Gasteiger charge is -2.14. The number of methoxy groups -OCH3 is 2. The third-order valence-corrected chi connectivity index (χ3v) is 4.46. The van der Waals surface area contributed by atoms with Crippen LogP contribution in [0.25, 0.3) is 0 Å². The first-order chi connectivity index (χ1) is 11.9. The largest absolute Gasteiger partial charge is 0.493 e. The first-order valence-electron chi connectivity index (χ1n) is 8.43. The summed E-state index contributed by atoms with van der Waals surface area (Å²) in [5.41, 5.74) is 9.48. The van der Waals surface area contributed by atoms with Gasteiger partial charge in [0.25, 0.3) is 0 Å². The normalized spacial score (nSPS) is 12.1. The van der Waals surface area contributed by atoms with Crippen molar-refractivity contribution < 1.29 is 14.3 Å². The van der Waals surface area contributed by atoms with Crippen LogP contribution in [-0.2, 0) is 12.8 Å². The highest BCUT2D eigenvalue weighted by Crippen LogP contribution is 2.28. The minimum atomic E-state index is -0.207. The zero-order chi connectivity index (χ0) is 18.6. The van der Waals surface area contributed by atoms with E-state index in [4.69, 9.17) is 15.2 Å². The van der Waals surface area contributed by atoms with E-state index in [0.29, 0.717) is 24.5 Å². The highest BCUT2D eigenvalue weighted by Gasteiger charge is 2.21. The molecule has 1 aromatic carbocycles. The molecule has 0 saturated carbocycles. The fraction of sp³-hybridized carbons (Fsp3) is 0.474. The standard InChI is InChI=1S/C19H27N3O3/c1-12(10-15-6-7-17(24-4)18(11-15)25-5)19(23)22-14(3)16(8-9-20)13(2)21-22/h6-7,11-12H,8-10,20H2,1-5H3. The molecule has 0 spiro atoms. The molecule has 0 aliphatic rings. The van der Waals surface area contributed by atoms with Gasteiger partial charge >= 0.3 is 0 Å². The number of carbonyl (C=O) groups is 1. The Hall–Kier alpha value is -2.34. The topological polar surface area (TPSA) is 79.4 Å². The van der Waals surface area contributed by atoms with Crippen molar-refractivity contribution in [2.24, 2.45) is 11.7 Å². The highest BCUT2D eigenvalue weighted by molar-refractivity contribution is 5.81. The molecule has 1 unspecified atom stereocenters. The average Bonchev–Trinajstić information content (AvgIpc) is 2.89. The monoisotopic (exact) mass is 345 g/mol. The quantitative estimate of drug-likeness (QED) is 0.834. The second kappa shape index (κ2) is 8.16. The van der Waals surface area contributed by atoms with Crippen molar-refractivity contribution >= 4 is 5.91 Å². The number of aryl methyl sites for hydroxylation is 1.